The summed E-state index contributed by atoms with van der Waals surface area (Å²) >= 11 is 11.2. The minimum atomic E-state index is -0.0235. The van der Waals surface area contributed by atoms with Crippen LogP contribution in [-0.4, -0.2) is 28.6 Å². The van der Waals surface area contributed by atoms with E-state index in [0.29, 0.717) is 10.8 Å². The minimum Gasteiger partial charge on any atom is -0.506 e. The van der Waals surface area contributed by atoms with Crippen LogP contribution in [-0.2, 0) is 0 Å². The summed E-state index contributed by atoms with van der Waals surface area (Å²) in [4.78, 5) is 1.85. The summed E-state index contributed by atoms with van der Waals surface area (Å²) in [5.74, 6) is 0.0249. The lowest BCUT2D eigenvalue weighted by Crippen LogP contribution is -2.24. The molecule has 2 rings (SSSR count). The molecule has 5 nitrogen and oxygen atoms in total. The highest BCUT2D eigenvalue weighted by atomic mass is 35.5. The van der Waals surface area contributed by atoms with E-state index in [2.05, 4.69) is 10.6 Å². The first-order valence-corrected chi connectivity index (χ1v) is 8.26. The summed E-state index contributed by atoms with van der Waals surface area (Å²) in [5, 5.41) is 25.6. The van der Waals surface area contributed by atoms with Crippen molar-refractivity contribution < 1.29 is 10.2 Å². The van der Waals surface area contributed by atoms with Gasteiger partial charge in [0.05, 0.1) is 5.02 Å². The van der Waals surface area contributed by atoms with Crippen LogP contribution in [0.1, 0.15) is 12.5 Å². The van der Waals surface area contributed by atoms with Gasteiger partial charge in [0.25, 0.3) is 0 Å². The fourth-order valence-electron chi connectivity index (χ4n) is 2.22. The number of phenols is 1. The Morgan fingerprint density at radius 2 is 1.96 bits per heavy atom. The molecule has 0 atom stereocenters. The molecule has 0 fully saturated rings. The Morgan fingerprint density at radius 3 is 2.54 bits per heavy atom. The Balaban J connectivity index is 2.07. The Kier molecular flexibility index (Phi) is 6.25. The van der Waals surface area contributed by atoms with Crippen molar-refractivity contribution in [2.75, 3.05) is 28.8 Å². The third-order valence-electron chi connectivity index (χ3n) is 3.58. The molecule has 0 heterocycles. The number of nitrogens with zero attached hydrogens (tertiary/aromatic N) is 1. The van der Waals surface area contributed by atoms with Crippen molar-refractivity contribution in [1.82, 2.24) is 0 Å². The van der Waals surface area contributed by atoms with Crippen molar-refractivity contribution >= 4 is 46.0 Å². The van der Waals surface area contributed by atoms with E-state index in [4.69, 9.17) is 23.8 Å². The SMILES string of the molecule is CCN(CO)c1ccc(NC(=S)Nc2ccc(O)c(Cl)c2)c(C)c1. The van der Waals surface area contributed by atoms with Crippen LogP contribution >= 0.6 is 23.8 Å². The number of hydrogen-bond donors (Lipinski definition) is 4. The first-order valence-electron chi connectivity index (χ1n) is 7.47. The Labute approximate surface area is 151 Å². The Bertz CT molecular complexity index is 736. The predicted octanol–water partition coefficient (Wildman–Crippen LogP) is 3.94. The zero-order chi connectivity index (χ0) is 17.7. The molecule has 0 aliphatic carbocycles. The van der Waals surface area contributed by atoms with Crippen LogP contribution in [0.25, 0.3) is 0 Å². The number of aryl methyl sites for hydroxylation is 1. The lowest BCUT2D eigenvalue weighted by Gasteiger charge is -2.21. The lowest BCUT2D eigenvalue weighted by atomic mass is 10.1. The number of phenolic OH excluding ortho intramolecular Hbond substituents is 1. The van der Waals surface area contributed by atoms with Crippen molar-refractivity contribution in [2.45, 2.75) is 13.8 Å². The topological polar surface area (TPSA) is 67.8 Å². The second-order valence-electron chi connectivity index (χ2n) is 5.24. The van der Waals surface area contributed by atoms with Crippen LogP contribution in [0, 0.1) is 6.92 Å². The Morgan fingerprint density at radius 1 is 1.21 bits per heavy atom. The largest absolute Gasteiger partial charge is 0.506 e. The van der Waals surface area contributed by atoms with Gasteiger partial charge in [0.15, 0.2) is 5.11 Å². The first kappa shape index (κ1) is 18.3. The molecule has 2 aromatic carbocycles. The molecule has 0 amide bonds. The van der Waals surface area contributed by atoms with E-state index in [0.717, 1.165) is 23.5 Å². The van der Waals surface area contributed by atoms with Crippen molar-refractivity contribution in [3.63, 3.8) is 0 Å². The summed E-state index contributed by atoms with van der Waals surface area (Å²) in [6.07, 6.45) is 0. The molecule has 0 spiro atoms. The van der Waals surface area contributed by atoms with Gasteiger partial charge in [-0.1, -0.05) is 11.6 Å². The zero-order valence-electron chi connectivity index (χ0n) is 13.5. The van der Waals surface area contributed by atoms with E-state index in [1.165, 1.54) is 6.07 Å². The molecule has 4 N–H and O–H groups in total. The number of aliphatic hydroxyl groups excluding tert-OH is 1. The lowest BCUT2D eigenvalue weighted by molar-refractivity contribution is 0.293. The summed E-state index contributed by atoms with van der Waals surface area (Å²) < 4.78 is 0. The highest BCUT2D eigenvalue weighted by Gasteiger charge is 2.07. The molecule has 7 heteroatoms. The zero-order valence-corrected chi connectivity index (χ0v) is 15.1. The van der Waals surface area contributed by atoms with Crippen molar-refractivity contribution in [2.24, 2.45) is 0 Å². The van der Waals surface area contributed by atoms with E-state index in [-0.39, 0.29) is 17.5 Å². The fourth-order valence-corrected chi connectivity index (χ4v) is 2.63. The van der Waals surface area contributed by atoms with Gasteiger partial charge < -0.3 is 25.7 Å². The quantitative estimate of drug-likeness (QED) is 0.365. The van der Waals surface area contributed by atoms with E-state index in [1.54, 1.807) is 12.1 Å². The molecular formula is C17H20ClN3O2S. The maximum absolute atomic E-state index is 9.43. The number of anilines is 3. The number of nitrogens with one attached hydrogen (secondary N) is 2. The van der Waals surface area contributed by atoms with Crippen LogP contribution in [0.3, 0.4) is 0 Å². The van der Waals surface area contributed by atoms with Gasteiger partial charge >= 0.3 is 0 Å². The maximum Gasteiger partial charge on any atom is 0.175 e. The van der Waals surface area contributed by atoms with Crippen molar-refractivity contribution in [1.29, 1.82) is 0 Å². The summed E-state index contributed by atoms with van der Waals surface area (Å²) in [6.45, 7) is 4.66. The number of hydrogen-bond acceptors (Lipinski definition) is 4. The van der Waals surface area contributed by atoms with Gasteiger partial charge in [-0.3, -0.25) is 0 Å². The molecule has 0 radical (unpaired) electrons. The summed E-state index contributed by atoms with van der Waals surface area (Å²) in [5.41, 5.74) is 3.51. The van der Waals surface area contributed by atoms with Crippen LogP contribution in [0.4, 0.5) is 17.1 Å². The van der Waals surface area contributed by atoms with Crippen LogP contribution in [0.5, 0.6) is 5.75 Å². The van der Waals surface area contributed by atoms with Crippen LogP contribution in [0.2, 0.25) is 5.02 Å². The van der Waals surface area contributed by atoms with Crippen LogP contribution in [0.15, 0.2) is 36.4 Å². The molecule has 0 aliphatic heterocycles. The van der Waals surface area contributed by atoms with Gasteiger partial charge in [0.1, 0.15) is 12.5 Å². The van der Waals surface area contributed by atoms with Gasteiger partial charge in [0.2, 0.25) is 0 Å². The summed E-state index contributed by atoms with van der Waals surface area (Å²) in [7, 11) is 0. The number of rotatable bonds is 5. The third-order valence-corrected chi connectivity index (χ3v) is 4.09. The molecule has 0 bridgehead atoms. The molecule has 2 aromatic rings. The van der Waals surface area contributed by atoms with Gasteiger partial charge in [-0.15, -0.1) is 0 Å². The smallest absolute Gasteiger partial charge is 0.175 e. The van der Waals surface area contributed by atoms with Gasteiger partial charge in [-0.05, 0) is 68.0 Å². The van der Waals surface area contributed by atoms with E-state index in [1.807, 2.05) is 36.9 Å². The average molecular weight is 366 g/mol. The van der Waals surface area contributed by atoms with Gasteiger partial charge in [-0.2, -0.15) is 0 Å². The first-order chi connectivity index (χ1) is 11.4. The monoisotopic (exact) mass is 365 g/mol. The van der Waals surface area contributed by atoms with Crippen molar-refractivity contribution in [3.05, 3.63) is 47.0 Å². The van der Waals surface area contributed by atoms with Gasteiger partial charge in [0, 0.05) is 23.6 Å². The highest BCUT2D eigenvalue weighted by Crippen LogP contribution is 2.26. The van der Waals surface area contributed by atoms with E-state index >= 15 is 0 Å². The molecule has 0 aliphatic rings. The fraction of sp³-hybridized carbons (Fsp3) is 0.235. The number of benzene rings is 2. The summed E-state index contributed by atoms with van der Waals surface area (Å²) in [6, 6.07) is 10.6. The predicted molar refractivity (Wildman–Crippen MR) is 104 cm³/mol. The molecule has 0 saturated heterocycles. The molecule has 0 aromatic heterocycles. The maximum atomic E-state index is 9.43. The third kappa shape index (κ3) is 4.50. The number of thiocarbonyl (C=S) groups is 1. The van der Waals surface area contributed by atoms with Crippen molar-refractivity contribution in [3.8, 4) is 5.75 Å². The standard InChI is InChI=1S/C17H20ClN3O2S/c1-3-21(10-22)13-5-6-15(11(2)8-13)20-17(24)19-12-4-7-16(23)14(18)9-12/h4-9,22-23H,3,10H2,1-2H3,(H2,19,20,24). The van der Waals surface area contributed by atoms with E-state index < -0.39 is 0 Å². The second-order valence-corrected chi connectivity index (χ2v) is 6.06. The van der Waals surface area contributed by atoms with Gasteiger partial charge in [-0.25, -0.2) is 0 Å². The molecule has 0 saturated carbocycles. The average Bonchev–Trinajstić information content (AvgIpc) is 2.54. The normalized spacial score (nSPS) is 10.3. The number of aliphatic hydroxyl groups is 1. The molecule has 128 valence electrons. The number of aromatic hydroxyl groups is 1. The molecule has 24 heavy (non-hydrogen) atoms. The number of halogens is 1. The second kappa shape index (κ2) is 8.19. The minimum absolute atomic E-state index is 0.0235. The van der Waals surface area contributed by atoms with E-state index in [9.17, 15) is 10.2 Å². The van der Waals surface area contributed by atoms with Crippen LogP contribution < -0.4 is 15.5 Å². The highest BCUT2D eigenvalue weighted by molar-refractivity contribution is 7.80. The molecular weight excluding hydrogens is 346 g/mol. The molecule has 0 unspecified atom stereocenters. The Hall–Kier alpha value is -2.02.